The average molecular weight is 281 g/mol. The van der Waals surface area contributed by atoms with E-state index < -0.39 is 33.3 Å². The molecular formula is C10H19NO6S. The van der Waals surface area contributed by atoms with E-state index in [9.17, 15) is 18.0 Å². The lowest BCUT2D eigenvalue weighted by atomic mass is 10.1. The second-order valence-electron chi connectivity index (χ2n) is 4.07. The first kappa shape index (κ1) is 16.9. The van der Waals surface area contributed by atoms with Crippen LogP contribution in [-0.4, -0.2) is 45.9 Å². The summed E-state index contributed by atoms with van der Waals surface area (Å²) in [5.74, 6) is -1.91. The molecule has 0 heterocycles. The molecule has 2 unspecified atom stereocenters. The third-order valence-electron chi connectivity index (χ3n) is 2.41. The lowest BCUT2D eigenvalue weighted by Crippen LogP contribution is -2.49. The number of nitrogens with one attached hydrogen (secondary N) is 1. The summed E-state index contributed by atoms with van der Waals surface area (Å²) < 4.78 is 34.7. The van der Waals surface area contributed by atoms with Gasteiger partial charge >= 0.3 is 11.9 Å². The Morgan fingerprint density at radius 2 is 1.44 bits per heavy atom. The number of sulfonamides is 1. The summed E-state index contributed by atoms with van der Waals surface area (Å²) in [6, 6.07) is -1.04. The van der Waals surface area contributed by atoms with E-state index in [1.165, 1.54) is 6.92 Å². The summed E-state index contributed by atoms with van der Waals surface area (Å²) in [6.45, 7) is 4.50. The van der Waals surface area contributed by atoms with E-state index in [1.54, 1.807) is 13.8 Å². The van der Waals surface area contributed by atoms with E-state index in [-0.39, 0.29) is 5.92 Å². The maximum atomic E-state index is 11.8. The van der Waals surface area contributed by atoms with E-state index in [0.29, 0.717) is 0 Å². The molecule has 0 saturated heterocycles. The Kier molecular flexibility index (Phi) is 6.27. The van der Waals surface area contributed by atoms with E-state index in [4.69, 9.17) is 0 Å². The molecule has 0 aromatic carbocycles. The Bertz CT molecular complexity index is 403. The third kappa shape index (κ3) is 4.26. The topological polar surface area (TPSA) is 98.8 Å². The van der Waals surface area contributed by atoms with E-state index >= 15 is 0 Å². The molecule has 0 amide bonds. The summed E-state index contributed by atoms with van der Waals surface area (Å²) >= 11 is 0. The SMILES string of the molecule is COC(=O)C(NS(=O)(=O)C(C)C(=O)OC)C(C)C. The molecule has 0 radical (unpaired) electrons. The number of esters is 2. The fraction of sp³-hybridized carbons (Fsp3) is 0.800. The molecule has 0 fully saturated rings. The van der Waals surface area contributed by atoms with Crippen molar-refractivity contribution in [3.05, 3.63) is 0 Å². The molecule has 0 aromatic heterocycles. The van der Waals surface area contributed by atoms with Gasteiger partial charge in [0.05, 0.1) is 14.2 Å². The molecule has 0 aliphatic carbocycles. The van der Waals surface area contributed by atoms with Gasteiger partial charge in [0.25, 0.3) is 0 Å². The third-order valence-corrected chi connectivity index (χ3v) is 4.12. The van der Waals surface area contributed by atoms with Gasteiger partial charge in [-0.05, 0) is 12.8 Å². The number of ether oxygens (including phenoxy) is 2. The molecule has 0 rings (SSSR count). The van der Waals surface area contributed by atoms with Crippen LogP contribution in [0.5, 0.6) is 0 Å². The van der Waals surface area contributed by atoms with Gasteiger partial charge in [-0.2, -0.15) is 4.72 Å². The Hall–Kier alpha value is -1.15. The minimum Gasteiger partial charge on any atom is -0.468 e. The predicted molar refractivity (Wildman–Crippen MR) is 64.2 cm³/mol. The highest BCUT2D eigenvalue weighted by atomic mass is 32.2. The molecule has 0 aliphatic rings. The summed E-state index contributed by atoms with van der Waals surface area (Å²) in [5, 5.41) is -1.39. The molecule has 0 spiro atoms. The summed E-state index contributed by atoms with van der Waals surface area (Å²) in [6.07, 6.45) is 0. The molecule has 0 aliphatic heterocycles. The van der Waals surface area contributed by atoms with Gasteiger partial charge in [-0.15, -0.1) is 0 Å². The van der Waals surface area contributed by atoms with Crippen LogP contribution in [0.1, 0.15) is 20.8 Å². The van der Waals surface area contributed by atoms with Gasteiger partial charge in [0, 0.05) is 0 Å². The van der Waals surface area contributed by atoms with Crippen molar-refractivity contribution in [2.24, 2.45) is 5.92 Å². The molecule has 8 heteroatoms. The van der Waals surface area contributed by atoms with Crippen LogP contribution >= 0.6 is 0 Å². The van der Waals surface area contributed by atoms with Crippen molar-refractivity contribution in [1.29, 1.82) is 0 Å². The van der Waals surface area contributed by atoms with Crippen LogP contribution < -0.4 is 4.72 Å². The van der Waals surface area contributed by atoms with Crippen LogP contribution in [0, 0.1) is 5.92 Å². The van der Waals surface area contributed by atoms with E-state index in [0.717, 1.165) is 14.2 Å². The van der Waals surface area contributed by atoms with Crippen LogP contribution in [0.15, 0.2) is 0 Å². The summed E-state index contributed by atoms with van der Waals surface area (Å²) in [5.41, 5.74) is 0. The molecule has 0 aromatic rings. The molecular weight excluding hydrogens is 262 g/mol. The van der Waals surface area contributed by atoms with Crippen LogP contribution in [-0.2, 0) is 29.1 Å². The maximum Gasteiger partial charge on any atom is 0.325 e. The Labute approximate surface area is 107 Å². The van der Waals surface area contributed by atoms with Crippen LogP contribution in [0.4, 0.5) is 0 Å². The average Bonchev–Trinajstić information content (AvgIpc) is 2.32. The van der Waals surface area contributed by atoms with Crippen molar-refractivity contribution in [3.63, 3.8) is 0 Å². The zero-order chi connectivity index (χ0) is 14.5. The second-order valence-corrected chi connectivity index (χ2v) is 6.11. The van der Waals surface area contributed by atoms with Crippen molar-refractivity contribution in [1.82, 2.24) is 4.72 Å². The number of hydrogen-bond donors (Lipinski definition) is 1. The van der Waals surface area contributed by atoms with Gasteiger partial charge in [-0.1, -0.05) is 13.8 Å². The van der Waals surface area contributed by atoms with Crippen LogP contribution in [0.25, 0.3) is 0 Å². The first-order valence-corrected chi connectivity index (χ1v) is 6.88. The highest BCUT2D eigenvalue weighted by Gasteiger charge is 2.35. The number of carbonyl (C=O) groups is 2. The van der Waals surface area contributed by atoms with Crippen molar-refractivity contribution in [2.75, 3.05) is 14.2 Å². The molecule has 106 valence electrons. The van der Waals surface area contributed by atoms with Gasteiger partial charge in [-0.3, -0.25) is 9.59 Å². The van der Waals surface area contributed by atoms with Crippen LogP contribution in [0.2, 0.25) is 0 Å². The number of hydrogen-bond acceptors (Lipinski definition) is 6. The maximum absolute atomic E-state index is 11.8. The fourth-order valence-corrected chi connectivity index (χ4v) is 2.43. The molecule has 0 saturated carbocycles. The zero-order valence-electron chi connectivity index (χ0n) is 11.1. The standard InChI is InChI=1S/C10H19NO6S/c1-6(2)8(10(13)17-5)11-18(14,15)7(3)9(12)16-4/h6-8,11H,1-5H3. The highest BCUT2D eigenvalue weighted by molar-refractivity contribution is 7.90. The molecule has 2 atom stereocenters. The van der Waals surface area contributed by atoms with Gasteiger partial charge in [0.15, 0.2) is 5.25 Å². The minimum atomic E-state index is -4.00. The van der Waals surface area contributed by atoms with Gasteiger partial charge in [0.1, 0.15) is 6.04 Å². The zero-order valence-corrected chi connectivity index (χ0v) is 11.9. The lowest BCUT2D eigenvalue weighted by Gasteiger charge is -2.21. The first-order valence-electron chi connectivity index (χ1n) is 5.34. The van der Waals surface area contributed by atoms with Crippen molar-refractivity contribution >= 4 is 22.0 Å². The summed E-state index contributed by atoms with van der Waals surface area (Å²) in [4.78, 5) is 22.6. The molecule has 1 N–H and O–H groups in total. The highest BCUT2D eigenvalue weighted by Crippen LogP contribution is 2.09. The largest absolute Gasteiger partial charge is 0.468 e. The lowest BCUT2D eigenvalue weighted by molar-refractivity contribution is -0.144. The smallest absolute Gasteiger partial charge is 0.325 e. The Morgan fingerprint density at radius 3 is 1.78 bits per heavy atom. The van der Waals surface area contributed by atoms with E-state index in [1.807, 2.05) is 0 Å². The van der Waals surface area contributed by atoms with E-state index in [2.05, 4.69) is 14.2 Å². The van der Waals surface area contributed by atoms with Crippen molar-refractivity contribution in [3.8, 4) is 0 Å². The monoisotopic (exact) mass is 281 g/mol. The Morgan fingerprint density at radius 1 is 1.00 bits per heavy atom. The summed E-state index contributed by atoms with van der Waals surface area (Å²) in [7, 11) is -1.74. The first-order chi connectivity index (χ1) is 8.17. The van der Waals surface area contributed by atoms with Crippen molar-refractivity contribution in [2.45, 2.75) is 32.1 Å². The molecule has 7 nitrogen and oxygen atoms in total. The molecule has 18 heavy (non-hydrogen) atoms. The normalized spacial score (nSPS) is 15.0. The fourth-order valence-electron chi connectivity index (χ4n) is 1.16. The number of rotatable bonds is 6. The van der Waals surface area contributed by atoms with Crippen molar-refractivity contribution < 1.29 is 27.5 Å². The Balaban J connectivity index is 5.04. The van der Waals surface area contributed by atoms with Gasteiger partial charge in [-0.25, -0.2) is 8.42 Å². The van der Waals surface area contributed by atoms with Crippen LogP contribution in [0.3, 0.4) is 0 Å². The van der Waals surface area contributed by atoms with Gasteiger partial charge in [0.2, 0.25) is 10.0 Å². The molecule has 0 bridgehead atoms. The number of carbonyl (C=O) groups excluding carboxylic acids is 2. The van der Waals surface area contributed by atoms with Gasteiger partial charge < -0.3 is 9.47 Å². The minimum absolute atomic E-state index is 0.308. The quantitative estimate of drug-likeness (QED) is 0.669. The second kappa shape index (κ2) is 6.69. The predicted octanol–water partition coefficient (Wildman–Crippen LogP) is -0.335. The number of methoxy groups -OCH3 is 2.